The summed E-state index contributed by atoms with van der Waals surface area (Å²) >= 11 is 1.94. The van der Waals surface area contributed by atoms with Crippen LogP contribution in [-0.2, 0) is 30.3 Å². The largest absolute Gasteiger partial charge is 0.464 e. The molecule has 0 aliphatic rings. The Morgan fingerprint density at radius 2 is 1.71 bits per heavy atom. The van der Waals surface area contributed by atoms with Gasteiger partial charge in [-0.1, -0.05) is 6.07 Å². The van der Waals surface area contributed by atoms with Gasteiger partial charge in [-0.2, -0.15) is 0 Å². The van der Waals surface area contributed by atoms with E-state index in [4.69, 9.17) is 9.47 Å². The number of ether oxygens (including phenoxy) is 2. The summed E-state index contributed by atoms with van der Waals surface area (Å²) < 4.78 is 24.7. The molecule has 0 aliphatic carbocycles. The molecule has 0 saturated heterocycles. The number of carbonyl (C=O) groups excluding carboxylic acids is 3. The van der Waals surface area contributed by atoms with Crippen LogP contribution in [0.1, 0.15) is 26.3 Å². The van der Waals surface area contributed by atoms with Gasteiger partial charge < -0.3 is 14.8 Å². The summed E-state index contributed by atoms with van der Waals surface area (Å²) in [6.45, 7) is 4.26. The highest BCUT2D eigenvalue weighted by Gasteiger charge is 2.50. The van der Waals surface area contributed by atoms with E-state index in [1.54, 1.807) is 19.9 Å². The van der Waals surface area contributed by atoms with Crippen molar-refractivity contribution in [1.82, 2.24) is 5.32 Å². The first-order valence-corrected chi connectivity index (χ1v) is 8.41. The Hall–Kier alpha value is -1.71. The number of esters is 2. The lowest BCUT2D eigenvalue weighted by atomic mass is 9.90. The molecule has 1 aromatic carbocycles. The molecule has 132 valence electrons. The fraction of sp³-hybridized carbons (Fsp3) is 0.438. The summed E-state index contributed by atoms with van der Waals surface area (Å²) in [5.41, 5.74) is -2.05. The summed E-state index contributed by atoms with van der Waals surface area (Å²) in [4.78, 5) is 36.5. The Bertz CT molecular complexity index is 617. The van der Waals surface area contributed by atoms with Crippen LogP contribution in [-0.4, -0.2) is 36.6 Å². The average molecular weight is 451 g/mol. The van der Waals surface area contributed by atoms with Crippen LogP contribution in [0.3, 0.4) is 0 Å². The third-order valence-corrected chi connectivity index (χ3v) is 3.78. The number of nitrogens with one attached hydrogen (secondary N) is 1. The minimum Gasteiger partial charge on any atom is -0.464 e. The quantitative estimate of drug-likeness (QED) is 0.390. The molecule has 1 aromatic rings. The molecule has 0 saturated carbocycles. The zero-order valence-corrected chi connectivity index (χ0v) is 15.8. The topological polar surface area (TPSA) is 81.7 Å². The minimum absolute atomic E-state index is 0.00521. The Kier molecular flexibility index (Phi) is 7.59. The van der Waals surface area contributed by atoms with Crippen molar-refractivity contribution < 1.29 is 28.2 Å². The molecule has 1 N–H and O–H groups in total. The molecule has 0 spiro atoms. The molecular formula is C16H19FINO5. The number of carbonyl (C=O) groups is 3. The smallest absolute Gasteiger partial charge is 0.344 e. The second-order valence-electron chi connectivity index (χ2n) is 4.94. The van der Waals surface area contributed by atoms with Gasteiger partial charge in [-0.3, -0.25) is 4.79 Å². The van der Waals surface area contributed by atoms with Crippen molar-refractivity contribution in [2.45, 2.75) is 32.7 Å². The van der Waals surface area contributed by atoms with Crippen molar-refractivity contribution in [2.75, 3.05) is 13.2 Å². The molecule has 0 aliphatic heterocycles. The summed E-state index contributed by atoms with van der Waals surface area (Å²) in [6.07, 6.45) is -0.410. The highest BCUT2D eigenvalue weighted by atomic mass is 127. The van der Waals surface area contributed by atoms with Gasteiger partial charge in [-0.15, -0.1) is 0 Å². The summed E-state index contributed by atoms with van der Waals surface area (Å²) in [5.74, 6) is -3.21. The van der Waals surface area contributed by atoms with Crippen molar-refractivity contribution in [3.8, 4) is 0 Å². The standard InChI is InChI=1S/C16H19FINO5/c1-4-23-14(21)16(19-10(3)20,15(22)24-5-2)9-11-6-7-12(18)8-13(11)17/h6-8H,4-5,9H2,1-3H3,(H,19,20). The Labute approximate surface area is 153 Å². The highest BCUT2D eigenvalue weighted by molar-refractivity contribution is 14.1. The normalized spacial score (nSPS) is 10.9. The SMILES string of the molecule is CCOC(=O)C(Cc1ccc(I)cc1F)(NC(C)=O)C(=O)OCC. The average Bonchev–Trinajstić information content (AvgIpc) is 2.49. The molecule has 0 atom stereocenters. The zero-order chi connectivity index (χ0) is 18.3. The maximum Gasteiger partial charge on any atom is 0.344 e. The number of amides is 1. The predicted octanol–water partition coefficient (Wildman–Crippen LogP) is 1.97. The van der Waals surface area contributed by atoms with Gasteiger partial charge in [0, 0.05) is 16.9 Å². The first kappa shape index (κ1) is 20.3. The van der Waals surface area contributed by atoms with E-state index in [2.05, 4.69) is 5.32 Å². The van der Waals surface area contributed by atoms with Crippen molar-refractivity contribution >= 4 is 40.4 Å². The summed E-state index contributed by atoms with van der Waals surface area (Å²) in [7, 11) is 0. The molecule has 8 heteroatoms. The predicted molar refractivity (Wildman–Crippen MR) is 92.6 cm³/mol. The van der Waals surface area contributed by atoms with E-state index >= 15 is 0 Å². The number of hydrogen-bond acceptors (Lipinski definition) is 5. The molecule has 1 amide bonds. The van der Waals surface area contributed by atoms with E-state index in [9.17, 15) is 18.8 Å². The van der Waals surface area contributed by atoms with E-state index in [0.29, 0.717) is 3.57 Å². The van der Waals surface area contributed by atoms with Crippen molar-refractivity contribution in [1.29, 1.82) is 0 Å². The van der Waals surface area contributed by atoms with Crippen LogP contribution in [0.15, 0.2) is 18.2 Å². The van der Waals surface area contributed by atoms with Gasteiger partial charge in [-0.25, -0.2) is 14.0 Å². The first-order valence-electron chi connectivity index (χ1n) is 7.34. The molecule has 0 bridgehead atoms. The van der Waals surface area contributed by atoms with Gasteiger partial charge in [0.05, 0.1) is 13.2 Å². The lowest BCUT2D eigenvalue weighted by molar-refractivity contribution is -0.168. The van der Waals surface area contributed by atoms with Crippen LogP contribution in [0.4, 0.5) is 4.39 Å². The molecule has 0 heterocycles. The monoisotopic (exact) mass is 451 g/mol. The fourth-order valence-electron chi connectivity index (χ4n) is 2.13. The second-order valence-corrected chi connectivity index (χ2v) is 6.19. The molecule has 24 heavy (non-hydrogen) atoms. The van der Waals surface area contributed by atoms with Crippen molar-refractivity contribution in [3.63, 3.8) is 0 Å². The number of halogens is 2. The maximum absolute atomic E-state index is 14.2. The van der Waals surface area contributed by atoms with E-state index in [1.165, 1.54) is 12.1 Å². The van der Waals surface area contributed by atoms with E-state index < -0.39 is 35.6 Å². The molecule has 6 nitrogen and oxygen atoms in total. The van der Waals surface area contributed by atoms with Gasteiger partial charge >= 0.3 is 11.9 Å². The molecule has 1 rings (SSSR count). The third-order valence-electron chi connectivity index (χ3n) is 3.11. The van der Waals surface area contributed by atoms with E-state index in [1.807, 2.05) is 22.6 Å². The second kappa shape index (κ2) is 8.95. The number of hydrogen-bond donors (Lipinski definition) is 1. The van der Waals surface area contributed by atoms with Crippen LogP contribution < -0.4 is 5.32 Å². The molecule has 0 radical (unpaired) electrons. The van der Waals surface area contributed by atoms with Crippen molar-refractivity contribution in [3.05, 3.63) is 33.1 Å². The van der Waals surface area contributed by atoms with Gasteiger partial charge in [0.15, 0.2) is 0 Å². The van der Waals surface area contributed by atoms with Gasteiger partial charge in [-0.05, 0) is 54.1 Å². The molecule has 0 aromatic heterocycles. The number of rotatable bonds is 7. The number of benzene rings is 1. The molecule has 0 unspecified atom stereocenters. The lowest BCUT2D eigenvalue weighted by Gasteiger charge is -2.29. The van der Waals surface area contributed by atoms with Crippen LogP contribution >= 0.6 is 22.6 Å². The van der Waals surface area contributed by atoms with Crippen LogP contribution in [0.2, 0.25) is 0 Å². The lowest BCUT2D eigenvalue weighted by Crippen LogP contribution is -2.62. The molecule has 0 fully saturated rings. The van der Waals surface area contributed by atoms with Gasteiger partial charge in [0.25, 0.3) is 0 Å². The zero-order valence-electron chi connectivity index (χ0n) is 13.7. The molecular weight excluding hydrogens is 432 g/mol. The fourth-order valence-corrected chi connectivity index (χ4v) is 2.59. The van der Waals surface area contributed by atoms with Crippen LogP contribution in [0.5, 0.6) is 0 Å². The van der Waals surface area contributed by atoms with E-state index in [-0.39, 0.29) is 18.8 Å². The Morgan fingerprint density at radius 1 is 1.17 bits per heavy atom. The van der Waals surface area contributed by atoms with Gasteiger partial charge in [0.1, 0.15) is 5.82 Å². The minimum atomic E-state index is -2.13. The third kappa shape index (κ3) is 4.89. The first-order chi connectivity index (χ1) is 11.3. The van der Waals surface area contributed by atoms with Crippen LogP contribution in [0.25, 0.3) is 0 Å². The summed E-state index contributed by atoms with van der Waals surface area (Å²) in [5, 5.41) is 2.30. The highest BCUT2D eigenvalue weighted by Crippen LogP contribution is 2.22. The van der Waals surface area contributed by atoms with E-state index in [0.717, 1.165) is 6.92 Å². The van der Waals surface area contributed by atoms with Crippen LogP contribution in [0, 0.1) is 9.39 Å². The van der Waals surface area contributed by atoms with Gasteiger partial charge in [0.2, 0.25) is 11.4 Å². The Morgan fingerprint density at radius 3 is 2.12 bits per heavy atom. The summed E-state index contributed by atoms with van der Waals surface area (Å²) in [6, 6.07) is 4.35. The maximum atomic E-state index is 14.2. The van der Waals surface area contributed by atoms with Crippen molar-refractivity contribution in [2.24, 2.45) is 0 Å². The Balaban J connectivity index is 3.38.